The molecular weight excluding hydrogens is 348 g/mol. The fourth-order valence-electron chi connectivity index (χ4n) is 3.41. The summed E-state index contributed by atoms with van der Waals surface area (Å²) in [7, 11) is 0. The number of imide groups is 1. The molecule has 0 aromatic carbocycles. The number of guanidine groups is 1. The number of carbonyl (C=O) groups is 2. The molecule has 0 spiro atoms. The molecule has 3 N–H and O–H groups in total. The van der Waals surface area contributed by atoms with Crippen molar-refractivity contribution in [2.45, 2.75) is 25.8 Å². The molecule has 2 aliphatic rings. The van der Waals surface area contributed by atoms with Crippen molar-refractivity contribution in [3.63, 3.8) is 0 Å². The van der Waals surface area contributed by atoms with Crippen LogP contribution in [0.5, 0.6) is 0 Å². The maximum Gasteiger partial charge on any atom is 0.324 e. The number of nitrogens with zero attached hydrogens (tertiary/aromatic N) is 3. The molecule has 27 heavy (non-hydrogen) atoms. The van der Waals surface area contributed by atoms with Crippen LogP contribution in [-0.2, 0) is 4.79 Å². The summed E-state index contributed by atoms with van der Waals surface area (Å²) in [4.78, 5) is 31.5. The minimum absolute atomic E-state index is 0.0770. The Labute approximate surface area is 159 Å². The van der Waals surface area contributed by atoms with Crippen molar-refractivity contribution in [3.05, 3.63) is 24.2 Å². The fourth-order valence-corrected chi connectivity index (χ4v) is 3.41. The molecule has 9 heteroatoms. The van der Waals surface area contributed by atoms with Crippen LogP contribution < -0.4 is 16.0 Å². The average molecular weight is 376 g/mol. The van der Waals surface area contributed by atoms with Gasteiger partial charge in [0.25, 0.3) is 0 Å². The van der Waals surface area contributed by atoms with Gasteiger partial charge >= 0.3 is 6.03 Å². The largest absolute Gasteiger partial charge is 0.468 e. The van der Waals surface area contributed by atoms with Crippen molar-refractivity contribution in [2.24, 2.45) is 4.99 Å². The molecular formula is C18H28N6O3. The van der Waals surface area contributed by atoms with Crippen LogP contribution in [0.1, 0.15) is 31.6 Å². The van der Waals surface area contributed by atoms with E-state index in [4.69, 9.17) is 9.41 Å². The number of nitrogens with one attached hydrogen (secondary N) is 3. The SMILES string of the molecule is CCNC(=NCC(c1ccco1)N1CCCC1)NCCN1C(=O)CNC1=O. The minimum atomic E-state index is -0.337. The first-order chi connectivity index (χ1) is 13.2. The van der Waals surface area contributed by atoms with Crippen LogP contribution in [-0.4, -0.2) is 73.5 Å². The third-order valence-corrected chi connectivity index (χ3v) is 4.78. The van der Waals surface area contributed by atoms with Crippen molar-refractivity contribution < 1.29 is 14.0 Å². The molecule has 2 aliphatic heterocycles. The van der Waals surface area contributed by atoms with Gasteiger partial charge in [-0.15, -0.1) is 0 Å². The maximum atomic E-state index is 11.6. The number of amides is 3. The maximum absolute atomic E-state index is 11.6. The van der Waals surface area contributed by atoms with E-state index >= 15 is 0 Å². The Morgan fingerprint density at radius 3 is 2.78 bits per heavy atom. The molecule has 3 rings (SSSR count). The van der Waals surface area contributed by atoms with Gasteiger partial charge < -0.3 is 20.4 Å². The van der Waals surface area contributed by atoms with Crippen LogP contribution in [0.15, 0.2) is 27.8 Å². The Kier molecular flexibility index (Phi) is 6.69. The molecule has 0 saturated carbocycles. The number of furan rings is 1. The van der Waals surface area contributed by atoms with Crippen molar-refractivity contribution in [2.75, 3.05) is 45.8 Å². The molecule has 1 aromatic heterocycles. The summed E-state index contributed by atoms with van der Waals surface area (Å²) >= 11 is 0. The van der Waals surface area contributed by atoms with E-state index in [9.17, 15) is 9.59 Å². The van der Waals surface area contributed by atoms with Crippen molar-refractivity contribution in [3.8, 4) is 0 Å². The lowest BCUT2D eigenvalue weighted by atomic mass is 10.2. The third-order valence-electron chi connectivity index (χ3n) is 4.78. The predicted octanol–water partition coefficient (Wildman–Crippen LogP) is 0.523. The quantitative estimate of drug-likeness (QED) is 0.347. The Bertz CT molecular complexity index is 638. The molecule has 0 radical (unpaired) electrons. The minimum Gasteiger partial charge on any atom is -0.468 e. The van der Waals surface area contributed by atoms with E-state index < -0.39 is 0 Å². The molecule has 0 bridgehead atoms. The molecule has 3 heterocycles. The molecule has 3 amide bonds. The Hall–Kier alpha value is -2.55. The first-order valence-electron chi connectivity index (χ1n) is 9.57. The molecule has 2 fully saturated rings. The lowest BCUT2D eigenvalue weighted by Crippen LogP contribution is -2.43. The second kappa shape index (κ2) is 9.40. The van der Waals surface area contributed by atoms with E-state index in [-0.39, 0.29) is 24.5 Å². The predicted molar refractivity (Wildman–Crippen MR) is 101 cm³/mol. The van der Waals surface area contributed by atoms with Crippen molar-refractivity contribution in [1.82, 2.24) is 25.8 Å². The van der Waals surface area contributed by atoms with E-state index in [2.05, 4.69) is 20.9 Å². The van der Waals surface area contributed by atoms with Crippen molar-refractivity contribution >= 4 is 17.9 Å². The Morgan fingerprint density at radius 2 is 2.15 bits per heavy atom. The second-order valence-electron chi connectivity index (χ2n) is 6.62. The summed E-state index contributed by atoms with van der Waals surface area (Å²) in [6, 6.07) is 3.68. The zero-order chi connectivity index (χ0) is 19.1. The number of hydrogen-bond donors (Lipinski definition) is 3. The van der Waals surface area contributed by atoms with Crippen LogP contribution in [0.3, 0.4) is 0 Å². The van der Waals surface area contributed by atoms with Gasteiger partial charge in [0.15, 0.2) is 5.96 Å². The molecule has 0 aliphatic carbocycles. The number of carbonyl (C=O) groups excluding carboxylic acids is 2. The average Bonchev–Trinajstić information content (AvgIpc) is 3.41. The van der Waals surface area contributed by atoms with Crippen LogP contribution >= 0.6 is 0 Å². The van der Waals surface area contributed by atoms with Gasteiger partial charge in [0.1, 0.15) is 5.76 Å². The number of hydrogen-bond acceptors (Lipinski definition) is 5. The molecule has 1 atom stereocenters. The third kappa shape index (κ3) is 5.00. The van der Waals surface area contributed by atoms with E-state index in [1.54, 1.807) is 6.26 Å². The second-order valence-corrected chi connectivity index (χ2v) is 6.62. The lowest BCUT2D eigenvalue weighted by molar-refractivity contribution is -0.124. The summed E-state index contributed by atoms with van der Waals surface area (Å²) in [6.45, 7) is 6.24. The topological polar surface area (TPSA) is 102 Å². The van der Waals surface area contributed by atoms with Gasteiger partial charge in [-0.3, -0.25) is 19.6 Å². The summed E-state index contributed by atoms with van der Waals surface area (Å²) in [5.41, 5.74) is 0. The molecule has 2 saturated heterocycles. The summed E-state index contributed by atoms with van der Waals surface area (Å²) in [6.07, 6.45) is 4.10. The van der Waals surface area contributed by atoms with E-state index in [0.29, 0.717) is 25.6 Å². The first kappa shape index (κ1) is 19.2. The zero-order valence-corrected chi connectivity index (χ0v) is 15.7. The Morgan fingerprint density at radius 1 is 1.33 bits per heavy atom. The van der Waals surface area contributed by atoms with E-state index in [1.807, 2.05) is 19.1 Å². The monoisotopic (exact) mass is 376 g/mol. The Balaban J connectivity index is 1.58. The van der Waals surface area contributed by atoms with Gasteiger partial charge in [-0.2, -0.15) is 0 Å². The van der Waals surface area contributed by atoms with E-state index in [0.717, 1.165) is 25.4 Å². The lowest BCUT2D eigenvalue weighted by Gasteiger charge is -2.24. The highest BCUT2D eigenvalue weighted by atomic mass is 16.3. The van der Waals surface area contributed by atoms with Gasteiger partial charge in [-0.05, 0) is 45.0 Å². The van der Waals surface area contributed by atoms with Crippen molar-refractivity contribution in [1.29, 1.82) is 0 Å². The first-order valence-corrected chi connectivity index (χ1v) is 9.57. The normalized spacial score (nSPS) is 19.4. The van der Waals surface area contributed by atoms with Gasteiger partial charge in [0, 0.05) is 19.6 Å². The smallest absolute Gasteiger partial charge is 0.324 e. The summed E-state index contributed by atoms with van der Waals surface area (Å²) in [5, 5.41) is 8.92. The van der Waals surface area contributed by atoms with Gasteiger partial charge in [0.05, 0.1) is 25.4 Å². The van der Waals surface area contributed by atoms with Gasteiger partial charge in [-0.1, -0.05) is 0 Å². The molecule has 1 unspecified atom stereocenters. The number of urea groups is 1. The van der Waals surface area contributed by atoms with Gasteiger partial charge in [0.2, 0.25) is 5.91 Å². The van der Waals surface area contributed by atoms with Crippen LogP contribution in [0.2, 0.25) is 0 Å². The highest BCUT2D eigenvalue weighted by Gasteiger charge is 2.28. The molecule has 9 nitrogen and oxygen atoms in total. The summed E-state index contributed by atoms with van der Waals surface area (Å²) in [5.74, 6) is 1.40. The van der Waals surface area contributed by atoms with Gasteiger partial charge in [-0.25, -0.2) is 4.79 Å². The number of likely N-dealkylation sites (tertiary alicyclic amines) is 1. The van der Waals surface area contributed by atoms with Crippen LogP contribution in [0.25, 0.3) is 0 Å². The molecule has 1 aromatic rings. The highest BCUT2D eigenvalue weighted by molar-refractivity contribution is 6.01. The van der Waals surface area contributed by atoms with Crippen LogP contribution in [0, 0.1) is 0 Å². The molecule has 148 valence electrons. The summed E-state index contributed by atoms with van der Waals surface area (Å²) < 4.78 is 5.63. The fraction of sp³-hybridized carbons (Fsp3) is 0.611. The van der Waals surface area contributed by atoms with E-state index in [1.165, 1.54) is 17.7 Å². The van der Waals surface area contributed by atoms with Crippen LogP contribution in [0.4, 0.5) is 4.79 Å². The number of rotatable bonds is 8. The highest BCUT2D eigenvalue weighted by Crippen LogP contribution is 2.25. The standard InChI is InChI=1S/C18H28N6O3/c1-2-19-17(20-7-10-24-16(25)13-22-18(24)26)21-12-14(15-6-5-11-27-15)23-8-3-4-9-23/h5-6,11,14H,2-4,7-10,12-13H2,1H3,(H,22,26)(H2,19,20,21). The zero-order valence-electron chi connectivity index (χ0n) is 15.7. The number of aliphatic imine (C=N–C) groups is 1.